The van der Waals surface area contributed by atoms with Crippen LogP contribution >= 0.6 is 0 Å². The molecule has 1 aromatic rings. The summed E-state index contributed by atoms with van der Waals surface area (Å²) in [4.78, 5) is 37.6. The Balaban J connectivity index is 3.39. The van der Waals surface area contributed by atoms with E-state index in [4.69, 9.17) is 14.6 Å². The highest BCUT2D eigenvalue weighted by Gasteiger charge is 2.22. The summed E-state index contributed by atoms with van der Waals surface area (Å²) < 4.78 is 7.18. The van der Waals surface area contributed by atoms with Gasteiger partial charge in [0.1, 0.15) is 0 Å². The second kappa shape index (κ2) is 10.2. The van der Waals surface area contributed by atoms with Gasteiger partial charge in [-0.25, -0.2) is 28.1 Å². The Labute approximate surface area is 161 Å². The van der Waals surface area contributed by atoms with Crippen molar-refractivity contribution in [3.8, 4) is 0 Å². The van der Waals surface area contributed by atoms with Crippen molar-refractivity contribution < 1.29 is 30.0 Å². The Hall–Kier alpha value is -1.61. The molecule has 162 valence electrons. The standard InChI is InChI=1S/C15H29N3O9Si/c1-28(2,3)27-9-12(23)6-18-14(25)16(4-10(21)7-19)13(24)17(15(18)26)5-11(22)8-20/h10-12,19-23H,4-9H2,1-3H3. The highest BCUT2D eigenvalue weighted by molar-refractivity contribution is 6.69. The Morgan fingerprint density at radius 2 is 1.07 bits per heavy atom. The molecule has 28 heavy (non-hydrogen) atoms. The third-order valence-corrected chi connectivity index (χ3v) is 4.73. The molecule has 0 amide bonds. The topological polar surface area (TPSA) is 176 Å². The first kappa shape index (κ1) is 24.4. The first-order valence-corrected chi connectivity index (χ1v) is 12.2. The number of aliphatic hydroxyl groups excluding tert-OH is 5. The molecule has 0 bridgehead atoms. The van der Waals surface area contributed by atoms with Crippen LogP contribution in [0.2, 0.25) is 19.6 Å². The molecule has 0 fully saturated rings. The zero-order valence-corrected chi connectivity index (χ0v) is 17.2. The van der Waals surface area contributed by atoms with Gasteiger partial charge in [-0.1, -0.05) is 0 Å². The summed E-state index contributed by atoms with van der Waals surface area (Å²) in [6.07, 6.45) is -4.09. The van der Waals surface area contributed by atoms with Crippen molar-refractivity contribution in [2.75, 3.05) is 19.8 Å². The van der Waals surface area contributed by atoms with Crippen molar-refractivity contribution >= 4 is 8.32 Å². The van der Waals surface area contributed by atoms with Crippen LogP contribution in [-0.4, -0.2) is 85.7 Å². The van der Waals surface area contributed by atoms with Crippen LogP contribution in [0.5, 0.6) is 0 Å². The molecule has 0 aliphatic heterocycles. The van der Waals surface area contributed by atoms with Gasteiger partial charge in [-0.15, -0.1) is 0 Å². The Morgan fingerprint density at radius 1 is 0.750 bits per heavy atom. The van der Waals surface area contributed by atoms with Gasteiger partial charge in [0.15, 0.2) is 8.32 Å². The van der Waals surface area contributed by atoms with E-state index in [-0.39, 0.29) is 6.61 Å². The largest absolute Gasteiger partial charge is 0.415 e. The van der Waals surface area contributed by atoms with Crippen molar-refractivity contribution in [2.24, 2.45) is 0 Å². The molecule has 0 spiro atoms. The molecule has 1 rings (SSSR count). The van der Waals surface area contributed by atoms with Crippen LogP contribution in [0, 0.1) is 0 Å². The summed E-state index contributed by atoms with van der Waals surface area (Å²) in [5.74, 6) is 0. The predicted molar refractivity (Wildman–Crippen MR) is 101 cm³/mol. The number of rotatable bonds is 11. The molecule has 13 heteroatoms. The Kier molecular flexibility index (Phi) is 8.94. The van der Waals surface area contributed by atoms with E-state index in [1.165, 1.54) is 0 Å². The van der Waals surface area contributed by atoms with E-state index < -0.39 is 76.5 Å². The summed E-state index contributed by atoms with van der Waals surface area (Å²) in [6.45, 7) is 2.44. The van der Waals surface area contributed by atoms with E-state index >= 15 is 0 Å². The number of aromatic nitrogens is 3. The van der Waals surface area contributed by atoms with Gasteiger partial charge >= 0.3 is 17.1 Å². The molecule has 0 aliphatic rings. The lowest BCUT2D eigenvalue weighted by atomic mass is 10.3. The number of aliphatic hydroxyl groups is 5. The zero-order valence-electron chi connectivity index (χ0n) is 16.2. The number of hydrogen-bond acceptors (Lipinski definition) is 9. The second-order valence-corrected chi connectivity index (χ2v) is 11.9. The fourth-order valence-corrected chi connectivity index (χ4v) is 2.99. The minimum absolute atomic E-state index is 0.126. The molecule has 0 aromatic carbocycles. The van der Waals surface area contributed by atoms with Crippen LogP contribution < -0.4 is 17.1 Å². The number of hydrogen-bond donors (Lipinski definition) is 5. The van der Waals surface area contributed by atoms with E-state index in [0.29, 0.717) is 13.7 Å². The lowest BCUT2D eigenvalue weighted by Gasteiger charge is -2.21. The van der Waals surface area contributed by atoms with Gasteiger partial charge in [-0.2, -0.15) is 0 Å². The van der Waals surface area contributed by atoms with E-state index in [2.05, 4.69) is 0 Å². The summed E-state index contributed by atoms with van der Waals surface area (Å²) in [6, 6.07) is 0. The van der Waals surface area contributed by atoms with E-state index in [1.807, 2.05) is 19.6 Å². The molecular weight excluding hydrogens is 394 g/mol. The zero-order chi connectivity index (χ0) is 21.6. The van der Waals surface area contributed by atoms with E-state index in [1.54, 1.807) is 0 Å². The van der Waals surface area contributed by atoms with Crippen molar-refractivity contribution in [3.63, 3.8) is 0 Å². The van der Waals surface area contributed by atoms with Crippen LogP contribution in [-0.2, 0) is 24.1 Å². The minimum atomic E-state index is -1.96. The van der Waals surface area contributed by atoms with Gasteiger partial charge in [0.2, 0.25) is 0 Å². The van der Waals surface area contributed by atoms with Gasteiger partial charge in [0, 0.05) is 0 Å². The van der Waals surface area contributed by atoms with Gasteiger partial charge in [-0.3, -0.25) is 0 Å². The van der Waals surface area contributed by atoms with Crippen LogP contribution in [0.15, 0.2) is 14.4 Å². The summed E-state index contributed by atoms with van der Waals surface area (Å²) >= 11 is 0. The van der Waals surface area contributed by atoms with Gasteiger partial charge in [-0.05, 0) is 19.6 Å². The molecule has 0 saturated carbocycles. The molecule has 0 saturated heterocycles. The molecule has 0 aliphatic carbocycles. The fourth-order valence-electron chi connectivity index (χ4n) is 2.30. The number of nitrogens with zero attached hydrogens (tertiary/aromatic N) is 3. The average Bonchev–Trinajstić information content (AvgIpc) is 2.63. The molecule has 3 unspecified atom stereocenters. The molecule has 3 atom stereocenters. The predicted octanol–water partition coefficient (Wildman–Crippen LogP) is -3.91. The van der Waals surface area contributed by atoms with E-state index in [0.717, 1.165) is 0 Å². The van der Waals surface area contributed by atoms with Crippen molar-refractivity contribution in [1.29, 1.82) is 0 Å². The highest BCUT2D eigenvalue weighted by atomic mass is 28.4. The molecule has 1 aromatic heterocycles. The average molecular weight is 423 g/mol. The first-order chi connectivity index (χ1) is 12.9. The van der Waals surface area contributed by atoms with Gasteiger partial charge in [0.25, 0.3) is 0 Å². The lowest BCUT2D eigenvalue weighted by molar-refractivity contribution is 0.0665. The fraction of sp³-hybridized carbons (Fsp3) is 0.800. The molecule has 1 heterocycles. The molecule has 12 nitrogen and oxygen atoms in total. The summed E-state index contributed by atoms with van der Waals surface area (Å²) in [5.41, 5.74) is -3.27. The normalized spacial score (nSPS) is 15.4. The lowest BCUT2D eigenvalue weighted by Crippen LogP contribution is -2.57. The van der Waals surface area contributed by atoms with Crippen LogP contribution in [0.25, 0.3) is 0 Å². The van der Waals surface area contributed by atoms with Crippen molar-refractivity contribution in [2.45, 2.75) is 57.6 Å². The van der Waals surface area contributed by atoms with Crippen LogP contribution in [0.3, 0.4) is 0 Å². The van der Waals surface area contributed by atoms with Crippen molar-refractivity contribution in [1.82, 2.24) is 13.7 Å². The summed E-state index contributed by atoms with van der Waals surface area (Å²) in [5, 5.41) is 47.3. The smallest absolute Gasteiger partial charge is 0.336 e. The maximum Gasteiger partial charge on any atom is 0.336 e. The SMILES string of the molecule is C[Si](C)(C)OCC(O)Cn1c(=O)n(CC(O)CO)c(=O)n(CC(O)CO)c1=O. The maximum absolute atomic E-state index is 12.6. The third kappa shape index (κ3) is 6.77. The van der Waals surface area contributed by atoms with Gasteiger partial charge < -0.3 is 30.0 Å². The first-order valence-electron chi connectivity index (χ1n) is 8.75. The van der Waals surface area contributed by atoms with Crippen molar-refractivity contribution in [3.05, 3.63) is 31.5 Å². The second-order valence-electron chi connectivity index (χ2n) is 7.43. The summed E-state index contributed by atoms with van der Waals surface area (Å²) in [7, 11) is -1.96. The molecule has 0 radical (unpaired) electrons. The Bertz CT molecular complexity index is 761. The Morgan fingerprint density at radius 3 is 1.36 bits per heavy atom. The van der Waals surface area contributed by atoms with Crippen LogP contribution in [0.1, 0.15) is 0 Å². The minimum Gasteiger partial charge on any atom is -0.415 e. The maximum atomic E-state index is 12.6. The highest BCUT2D eigenvalue weighted by Crippen LogP contribution is 2.03. The third-order valence-electron chi connectivity index (χ3n) is 3.70. The van der Waals surface area contributed by atoms with Gasteiger partial charge in [0.05, 0.1) is 57.8 Å². The van der Waals surface area contributed by atoms with Crippen LogP contribution in [0.4, 0.5) is 0 Å². The van der Waals surface area contributed by atoms with E-state index in [9.17, 15) is 29.7 Å². The molecular formula is C15H29N3O9Si. The molecule has 5 N–H and O–H groups in total. The monoisotopic (exact) mass is 423 g/mol. The quantitative estimate of drug-likeness (QED) is 0.223.